The molecule has 6 rings (SSSR count). The summed E-state index contributed by atoms with van der Waals surface area (Å²) in [6, 6.07) is 41.8. The lowest BCUT2D eigenvalue weighted by atomic mass is 9.93. The third-order valence-electron chi connectivity index (χ3n) is 7.51. The van der Waals surface area contributed by atoms with Crippen LogP contribution in [0.1, 0.15) is 49.3 Å². The van der Waals surface area contributed by atoms with E-state index in [2.05, 4.69) is 133 Å². The molecule has 0 aliphatic rings. The third-order valence-corrected chi connectivity index (χ3v) is 7.51. The summed E-state index contributed by atoms with van der Waals surface area (Å²) in [6.07, 6.45) is 7.44. The molecule has 0 saturated heterocycles. The van der Waals surface area contributed by atoms with Crippen molar-refractivity contribution in [2.75, 3.05) is 0 Å². The molecule has 0 atom stereocenters. The molecule has 0 saturated carbocycles. The highest BCUT2D eigenvalue weighted by Crippen LogP contribution is 2.38. The monoisotopic (exact) mass is 479 g/mol. The van der Waals surface area contributed by atoms with Crippen molar-refractivity contribution in [2.45, 2.75) is 39.2 Å². The van der Waals surface area contributed by atoms with Crippen LogP contribution in [0.4, 0.5) is 0 Å². The number of aromatic nitrogens is 1. The standard InChI is InChI=1S/C36H33N/c1-2-3-4-15-24-37-35-23-14-13-21-31(35)34-26-29(30-20-11-12-22-32(30)36(34)37)25-33(27-16-7-5-8-17-27)28-18-9-6-10-19-28/h5-14,16-23,25-26H,2-4,15,24H2,1H3. The number of nitrogens with zero attached hydrogens (tertiary/aromatic N) is 1. The Morgan fingerprint density at radius 2 is 1.19 bits per heavy atom. The number of hydrogen-bond acceptors (Lipinski definition) is 0. The minimum atomic E-state index is 1.06. The molecule has 0 bridgehead atoms. The quantitative estimate of drug-likeness (QED) is 0.151. The van der Waals surface area contributed by atoms with Crippen molar-refractivity contribution >= 4 is 44.2 Å². The van der Waals surface area contributed by atoms with Gasteiger partial charge >= 0.3 is 0 Å². The maximum atomic E-state index is 2.57. The summed E-state index contributed by atoms with van der Waals surface area (Å²) >= 11 is 0. The molecule has 1 nitrogen and oxygen atoms in total. The van der Waals surface area contributed by atoms with Gasteiger partial charge in [0.2, 0.25) is 0 Å². The summed E-state index contributed by atoms with van der Waals surface area (Å²) in [5, 5.41) is 5.32. The van der Waals surface area contributed by atoms with Crippen LogP contribution in [0.5, 0.6) is 0 Å². The molecule has 37 heavy (non-hydrogen) atoms. The smallest absolute Gasteiger partial charge is 0.0571 e. The normalized spacial score (nSPS) is 11.4. The van der Waals surface area contributed by atoms with E-state index < -0.39 is 0 Å². The summed E-state index contributed by atoms with van der Waals surface area (Å²) in [5.41, 5.74) is 7.68. The van der Waals surface area contributed by atoms with Crippen molar-refractivity contribution in [1.29, 1.82) is 0 Å². The number of hydrogen-bond donors (Lipinski definition) is 0. The van der Waals surface area contributed by atoms with Crippen LogP contribution < -0.4 is 0 Å². The molecular formula is C36H33N. The van der Waals surface area contributed by atoms with E-state index in [0.717, 1.165) is 6.54 Å². The number of unbranched alkanes of at least 4 members (excludes halogenated alkanes) is 3. The van der Waals surface area contributed by atoms with Gasteiger partial charge in [0.05, 0.1) is 5.52 Å². The van der Waals surface area contributed by atoms with Crippen LogP contribution in [-0.4, -0.2) is 4.57 Å². The van der Waals surface area contributed by atoms with E-state index in [-0.39, 0.29) is 0 Å². The topological polar surface area (TPSA) is 4.93 Å². The minimum absolute atomic E-state index is 1.06. The molecule has 0 fully saturated rings. The second-order valence-corrected chi connectivity index (χ2v) is 9.93. The highest BCUT2D eigenvalue weighted by molar-refractivity contribution is 6.20. The highest BCUT2D eigenvalue weighted by atomic mass is 15.0. The van der Waals surface area contributed by atoms with Crippen molar-refractivity contribution in [1.82, 2.24) is 4.57 Å². The van der Waals surface area contributed by atoms with Crippen LogP contribution in [0.2, 0.25) is 0 Å². The number of para-hydroxylation sites is 1. The van der Waals surface area contributed by atoms with Crippen LogP contribution in [0, 0.1) is 0 Å². The first kappa shape index (κ1) is 23.3. The van der Waals surface area contributed by atoms with Crippen LogP contribution in [-0.2, 0) is 6.54 Å². The Balaban J connectivity index is 1.63. The fourth-order valence-electron chi connectivity index (χ4n) is 5.71. The van der Waals surface area contributed by atoms with E-state index in [0.29, 0.717) is 0 Å². The molecule has 0 radical (unpaired) electrons. The summed E-state index contributed by atoms with van der Waals surface area (Å²) in [4.78, 5) is 0. The summed E-state index contributed by atoms with van der Waals surface area (Å²) in [5.74, 6) is 0. The van der Waals surface area contributed by atoms with E-state index in [1.807, 2.05) is 0 Å². The van der Waals surface area contributed by atoms with Gasteiger partial charge in [-0.15, -0.1) is 0 Å². The third kappa shape index (κ3) is 4.47. The molecule has 182 valence electrons. The Bertz CT molecular complexity index is 1650. The van der Waals surface area contributed by atoms with Gasteiger partial charge < -0.3 is 4.57 Å². The lowest BCUT2D eigenvalue weighted by molar-refractivity contribution is 0.603. The molecule has 1 aromatic heterocycles. The van der Waals surface area contributed by atoms with Gasteiger partial charge in [-0.3, -0.25) is 0 Å². The van der Waals surface area contributed by atoms with Gasteiger partial charge in [-0.2, -0.15) is 0 Å². The van der Waals surface area contributed by atoms with Crippen molar-refractivity contribution in [3.8, 4) is 0 Å². The second-order valence-electron chi connectivity index (χ2n) is 9.93. The van der Waals surface area contributed by atoms with Crippen molar-refractivity contribution in [3.63, 3.8) is 0 Å². The van der Waals surface area contributed by atoms with Gasteiger partial charge in [0.25, 0.3) is 0 Å². The summed E-state index contributed by atoms with van der Waals surface area (Å²) < 4.78 is 2.57. The first-order valence-electron chi connectivity index (χ1n) is 13.6. The molecule has 6 aromatic rings. The lowest BCUT2D eigenvalue weighted by Crippen LogP contribution is -1.98. The molecular weight excluding hydrogens is 446 g/mol. The lowest BCUT2D eigenvalue weighted by Gasteiger charge is -2.13. The maximum absolute atomic E-state index is 2.57. The Morgan fingerprint density at radius 3 is 1.86 bits per heavy atom. The zero-order chi connectivity index (χ0) is 25.0. The molecule has 0 spiro atoms. The Hall–Kier alpha value is -4.10. The van der Waals surface area contributed by atoms with Crippen molar-refractivity contribution in [3.05, 3.63) is 132 Å². The molecule has 1 heterocycles. The molecule has 0 aliphatic carbocycles. The van der Waals surface area contributed by atoms with E-state index >= 15 is 0 Å². The van der Waals surface area contributed by atoms with Crippen molar-refractivity contribution in [2.24, 2.45) is 0 Å². The van der Waals surface area contributed by atoms with Crippen LogP contribution in [0.15, 0.2) is 115 Å². The fourth-order valence-corrected chi connectivity index (χ4v) is 5.71. The second kappa shape index (κ2) is 10.5. The predicted octanol–water partition coefficient (Wildman–Crippen LogP) is 10.1. The van der Waals surface area contributed by atoms with E-state index in [4.69, 9.17) is 0 Å². The van der Waals surface area contributed by atoms with Gasteiger partial charge in [-0.1, -0.05) is 129 Å². The van der Waals surface area contributed by atoms with Crippen LogP contribution in [0.3, 0.4) is 0 Å². The first-order chi connectivity index (χ1) is 18.3. The van der Waals surface area contributed by atoms with Gasteiger partial charge in [0, 0.05) is 28.2 Å². The van der Waals surface area contributed by atoms with Crippen molar-refractivity contribution < 1.29 is 0 Å². The molecule has 0 aliphatic heterocycles. The highest BCUT2D eigenvalue weighted by Gasteiger charge is 2.16. The Kier molecular flexibility index (Phi) is 6.60. The Morgan fingerprint density at radius 1 is 0.595 bits per heavy atom. The van der Waals surface area contributed by atoms with Crippen LogP contribution in [0.25, 0.3) is 44.2 Å². The average molecular weight is 480 g/mol. The first-order valence-corrected chi connectivity index (χ1v) is 13.6. The molecule has 0 unspecified atom stereocenters. The number of fused-ring (bicyclic) bond motifs is 5. The fraction of sp³-hybridized carbons (Fsp3) is 0.167. The summed E-state index contributed by atoms with van der Waals surface area (Å²) in [6.45, 7) is 3.34. The van der Waals surface area contributed by atoms with Gasteiger partial charge in [0.1, 0.15) is 0 Å². The number of aryl methyl sites for hydroxylation is 1. The van der Waals surface area contributed by atoms with Gasteiger partial charge in [-0.25, -0.2) is 0 Å². The van der Waals surface area contributed by atoms with Gasteiger partial charge in [-0.05, 0) is 52.3 Å². The van der Waals surface area contributed by atoms with Crippen LogP contribution >= 0.6 is 0 Å². The van der Waals surface area contributed by atoms with E-state index in [1.165, 1.54) is 80.5 Å². The summed E-state index contributed by atoms with van der Waals surface area (Å²) in [7, 11) is 0. The molecule has 0 amide bonds. The molecule has 5 aromatic carbocycles. The molecule has 1 heteroatoms. The SMILES string of the molecule is CCCCCCn1c2ccccc2c2cc(C=C(c3ccccc3)c3ccccc3)c3ccccc3c21. The average Bonchev–Trinajstić information content (AvgIpc) is 3.28. The Labute approximate surface area is 219 Å². The van der Waals surface area contributed by atoms with E-state index in [1.54, 1.807) is 0 Å². The maximum Gasteiger partial charge on any atom is 0.0571 e. The molecule has 0 N–H and O–H groups in total. The number of benzene rings is 5. The minimum Gasteiger partial charge on any atom is -0.340 e. The number of rotatable bonds is 8. The van der Waals surface area contributed by atoms with E-state index in [9.17, 15) is 0 Å². The predicted molar refractivity (Wildman–Crippen MR) is 161 cm³/mol. The zero-order valence-electron chi connectivity index (χ0n) is 21.5. The van der Waals surface area contributed by atoms with Gasteiger partial charge in [0.15, 0.2) is 0 Å². The zero-order valence-corrected chi connectivity index (χ0v) is 21.5. The largest absolute Gasteiger partial charge is 0.340 e.